The maximum atomic E-state index is 8.99. The Kier molecular flexibility index (Phi) is 5.21. The van der Waals surface area contributed by atoms with Gasteiger partial charge in [0.05, 0.1) is 12.7 Å². The van der Waals surface area contributed by atoms with E-state index < -0.39 is 0 Å². The second-order valence-corrected chi connectivity index (χ2v) is 5.38. The summed E-state index contributed by atoms with van der Waals surface area (Å²) in [6.45, 7) is 1.62. The highest BCUT2D eigenvalue weighted by Crippen LogP contribution is 2.20. The van der Waals surface area contributed by atoms with Gasteiger partial charge in [-0.25, -0.2) is 0 Å². The molecule has 0 spiro atoms. The van der Waals surface area contributed by atoms with E-state index in [2.05, 4.69) is 18.0 Å². The first-order chi connectivity index (χ1) is 10.1. The molecule has 0 bridgehead atoms. The van der Waals surface area contributed by atoms with Gasteiger partial charge in [-0.1, -0.05) is 29.8 Å². The van der Waals surface area contributed by atoms with Crippen LogP contribution in [0.2, 0.25) is 5.02 Å². The average molecular weight is 301 g/mol. The zero-order valence-corrected chi connectivity index (χ0v) is 12.9. The molecule has 0 saturated heterocycles. The number of ether oxygens (including phenoxy) is 1. The molecule has 0 radical (unpaired) electrons. The lowest BCUT2D eigenvalue weighted by atomic mass is 10.1. The monoisotopic (exact) mass is 300 g/mol. The van der Waals surface area contributed by atoms with Gasteiger partial charge in [-0.3, -0.25) is 4.90 Å². The predicted octanol–water partition coefficient (Wildman–Crippen LogP) is 3.85. The van der Waals surface area contributed by atoms with Crippen LogP contribution in [-0.4, -0.2) is 19.1 Å². The van der Waals surface area contributed by atoms with Crippen molar-refractivity contribution in [2.75, 3.05) is 14.2 Å². The molecule has 0 unspecified atom stereocenters. The molecule has 0 aromatic heterocycles. The minimum absolute atomic E-state index is 0.557. The van der Waals surface area contributed by atoms with Crippen LogP contribution in [0.3, 0.4) is 0 Å². The Bertz CT molecular complexity index is 647. The number of hydrogen-bond donors (Lipinski definition) is 0. The fraction of sp³-hybridized carbons (Fsp3) is 0.235. The van der Waals surface area contributed by atoms with Crippen molar-refractivity contribution in [3.05, 3.63) is 64.2 Å². The number of nitriles is 1. The summed E-state index contributed by atoms with van der Waals surface area (Å²) in [5.74, 6) is 0.620. The maximum absolute atomic E-state index is 8.99. The highest BCUT2D eigenvalue weighted by molar-refractivity contribution is 6.30. The van der Waals surface area contributed by atoms with Crippen molar-refractivity contribution >= 4 is 11.6 Å². The second kappa shape index (κ2) is 7.12. The molecule has 2 aromatic carbocycles. The van der Waals surface area contributed by atoms with E-state index in [9.17, 15) is 0 Å². The van der Waals surface area contributed by atoms with Gasteiger partial charge < -0.3 is 4.74 Å². The summed E-state index contributed by atoms with van der Waals surface area (Å²) in [5.41, 5.74) is 2.88. The van der Waals surface area contributed by atoms with Gasteiger partial charge in [-0.15, -0.1) is 0 Å². The summed E-state index contributed by atoms with van der Waals surface area (Å²) in [6.07, 6.45) is 0. The zero-order valence-electron chi connectivity index (χ0n) is 12.1. The lowest BCUT2D eigenvalue weighted by Gasteiger charge is -2.17. The normalized spacial score (nSPS) is 10.4. The first-order valence-electron chi connectivity index (χ1n) is 6.62. The van der Waals surface area contributed by atoms with Crippen LogP contribution >= 0.6 is 11.6 Å². The molecule has 4 heteroatoms. The quantitative estimate of drug-likeness (QED) is 0.841. The summed E-state index contributed by atoms with van der Waals surface area (Å²) in [7, 11) is 3.64. The molecule has 108 valence electrons. The van der Waals surface area contributed by atoms with Crippen LogP contribution in [0.4, 0.5) is 0 Å². The van der Waals surface area contributed by atoms with Crippen molar-refractivity contribution in [2.24, 2.45) is 0 Å². The molecule has 21 heavy (non-hydrogen) atoms. The molecule has 0 aliphatic carbocycles. The largest absolute Gasteiger partial charge is 0.495 e. The van der Waals surface area contributed by atoms with Crippen LogP contribution < -0.4 is 4.74 Å². The average Bonchev–Trinajstić information content (AvgIpc) is 2.49. The van der Waals surface area contributed by atoms with E-state index in [-0.39, 0.29) is 0 Å². The first kappa shape index (κ1) is 15.4. The van der Waals surface area contributed by atoms with Gasteiger partial charge in [0.15, 0.2) is 0 Å². The predicted molar refractivity (Wildman–Crippen MR) is 84.3 cm³/mol. The molecule has 2 rings (SSSR count). The van der Waals surface area contributed by atoms with Crippen LogP contribution in [-0.2, 0) is 13.1 Å². The van der Waals surface area contributed by atoms with Crippen molar-refractivity contribution < 1.29 is 4.74 Å². The topological polar surface area (TPSA) is 36.3 Å². The van der Waals surface area contributed by atoms with Gasteiger partial charge in [0.1, 0.15) is 11.8 Å². The molecule has 0 N–H and O–H groups in total. The van der Waals surface area contributed by atoms with Gasteiger partial charge in [-0.2, -0.15) is 5.26 Å². The van der Waals surface area contributed by atoms with Gasteiger partial charge >= 0.3 is 0 Å². The Balaban J connectivity index is 2.04. The highest BCUT2D eigenvalue weighted by atomic mass is 35.5. The molecule has 0 fully saturated rings. The van der Waals surface area contributed by atoms with E-state index >= 15 is 0 Å². The smallest absolute Gasteiger partial charge is 0.136 e. The van der Waals surface area contributed by atoms with E-state index in [1.165, 1.54) is 5.56 Å². The van der Waals surface area contributed by atoms with Crippen LogP contribution in [0.5, 0.6) is 5.75 Å². The molecule has 0 amide bonds. The molecule has 0 aliphatic heterocycles. The summed E-state index contributed by atoms with van der Waals surface area (Å²) in [6, 6.07) is 15.6. The molecule has 3 nitrogen and oxygen atoms in total. The molecular formula is C17H17ClN2O. The summed E-state index contributed by atoms with van der Waals surface area (Å²) in [5, 5.41) is 9.74. The van der Waals surface area contributed by atoms with Crippen molar-refractivity contribution in [1.82, 2.24) is 4.90 Å². The summed E-state index contributed by atoms with van der Waals surface area (Å²) < 4.78 is 5.23. The zero-order chi connectivity index (χ0) is 15.2. The minimum atomic E-state index is 0.557. The van der Waals surface area contributed by atoms with Gasteiger partial charge in [0, 0.05) is 18.1 Å². The first-order valence-corrected chi connectivity index (χ1v) is 7.00. The standard InChI is InChI=1S/C17H17ClN2O/c1-20(11-13-4-7-16(18)8-5-13)12-14-3-6-15(10-19)17(9-14)21-2/h3-9H,11-12H2,1-2H3. The van der Waals surface area contributed by atoms with E-state index in [4.69, 9.17) is 21.6 Å². The number of nitrogens with zero attached hydrogens (tertiary/aromatic N) is 2. The third kappa shape index (κ3) is 4.22. The number of rotatable bonds is 5. The lowest BCUT2D eigenvalue weighted by Crippen LogP contribution is -2.17. The fourth-order valence-corrected chi connectivity index (χ4v) is 2.32. The molecule has 2 aromatic rings. The molecular weight excluding hydrogens is 284 g/mol. The summed E-state index contributed by atoms with van der Waals surface area (Å²) >= 11 is 5.89. The van der Waals surface area contributed by atoms with Gasteiger partial charge in [0.2, 0.25) is 0 Å². The van der Waals surface area contributed by atoms with Crippen LogP contribution in [0.25, 0.3) is 0 Å². The molecule has 0 atom stereocenters. The fourth-order valence-electron chi connectivity index (χ4n) is 2.20. The van der Waals surface area contributed by atoms with Gasteiger partial charge in [0.25, 0.3) is 0 Å². The third-order valence-electron chi connectivity index (χ3n) is 3.20. The van der Waals surface area contributed by atoms with Gasteiger partial charge in [-0.05, 0) is 42.4 Å². The summed E-state index contributed by atoms with van der Waals surface area (Å²) in [4.78, 5) is 2.20. The number of halogens is 1. The van der Waals surface area contributed by atoms with Crippen molar-refractivity contribution in [2.45, 2.75) is 13.1 Å². The molecule has 0 aliphatic rings. The highest BCUT2D eigenvalue weighted by Gasteiger charge is 2.06. The second-order valence-electron chi connectivity index (χ2n) is 4.95. The van der Waals surface area contributed by atoms with Crippen molar-refractivity contribution in [3.63, 3.8) is 0 Å². The number of methoxy groups -OCH3 is 1. The van der Waals surface area contributed by atoms with Crippen LogP contribution in [0, 0.1) is 11.3 Å². The number of hydrogen-bond acceptors (Lipinski definition) is 3. The Morgan fingerprint density at radius 2 is 1.71 bits per heavy atom. The van der Waals surface area contributed by atoms with Crippen molar-refractivity contribution in [1.29, 1.82) is 5.26 Å². The van der Waals surface area contributed by atoms with Crippen LogP contribution in [0.1, 0.15) is 16.7 Å². The maximum Gasteiger partial charge on any atom is 0.136 e. The van der Waals surface area contributed by atoms with E-state index in [0.29, 0.717) is 11.3 Å². The number of benzene rings is 2. The SMILES string of the molecule is COc1cc(CN(C)Cc2ccc(Cl)cc2)ccc1C#N. The van der Waals surface area contributed by atoms with E-state index in [0.717, 1.165) is 23.7 Å². The third-order valence-corrected chi connectivity index (χ3v) is 3.46. The van der Waals surface area contributed by atoms with E-state index in [1.807, 2.05) is 36.4 Å². The van der Waals surface area contributed by atoms with Crippen molar-refractivity contribution in [3.8, 4) is 11.8 Å². The van der Waals surface area contributed by atoms with E-state index in [1.54, 1.807) is 13.2 Å². The Labute approximate surface area is 130 Å². The molecule has 0 saturated carbocycles. The lowest BCUT2D eigenvalue weighted by molar-refractivity contribution is 0.318. The Hall–Kier alpha value is -2.02. The Morgan fingerprint density at radius 3 is 2.33 bits per heavy atom. The Morgan fingerprint density at radius 1 is 1.10 bits per heavy atom. The molecule has 0 heterocycles. The minimum Gasteiger partial charge on any atom is -0.495 e. The van der Waals surface area contributed by atoms with Crippen LogP contribution in [0.15, 0.2) is 42.5 Å².